The van der Waals surface area contributed by atoms with Crippen molar-refractivity contribution in [1.29, 1.82) is 0 Å². The van der Waals surface area contributed by atoms with Gasteiger partial charge < -0.3 is 34.3 Å². The number of rotatable bonds is 14. The number of carboxylic acid groups (broad SMARTS) is 1. The Labute approximate surface area is 362 Å². The highest BCUT2D eigenvalue weighted by Crippen LogP contribution is 2.42. The van der Waals surface area contributed by atoms with Gasteiger partial charge in [-0.25, -0.2) is 9.59 Å². The lowest BCUT2D eigenvalue weighted by atomic mass is 9.82. The number of nitrogens with zero attached hydrogens (tertiary/aromatic N) is 3. The molecule has 3 aliphatic rings. The lowest BCUT2D eigenvalue weighted by molar-refractivity contribution is 0.0838. The van der Waals surface area contributed by atoms with Gasteiger partial charge in [0.15, 0.2) is 13.9 Å². The number of carbonyl (C=O) groups is 1. The Balaban J connectivity index is 0.960. The number of allylic oxidation sites excluding steroid dienone is 1. The smallest absolute Gasteiger partial charge is 0.419 e. The van der Waals surface area contributed by atoms with Crippen molar-refractivity contribution in [2.75, 3.05) is 31.1 Å². The Morgan fingerprint density at radius 1 is 1.02 bits per heavy atom. The van der Waals surface area contributed by atoms with Crippen LogP contribution in [0.25, 0.3) is 39.2 Å². The number of hydrogen-bond donors (Lipinski definition) is 4. The van der Waals surface area contributed by atoms with Crippen LogP contribution in [0.15, 0.2) is 111 Å². The number of pyridine rings is 1. The topological polar surface area (TPSA) is 153 Å². The lowest BCUT2D eigenvalue weighted by Gasteiger charge is -2.48. The van der Waals surface area contributed by atoms with Crippen LogP contribution in [0.1, 0.15) is 62.8 Å². The zero-order valence-corrected chi connectivity index (χ0v) is 37.2. The average molecular weight is 856 g/mol. The molecule has 3 saturated heterocycles. The first-order valence-electron chi connectivity index (χ1n) is 21.6. The third-order valence-corrected chi connectivity index (χ3v) is 17.7. The third kappa shape index (κ3) is 8.94. The van der Waals surface area contributed by atoms with Crippen molar-refractivity contribution in [3.05, 3.63) is 135 Å². The first-order valence-corrected chi connectivity index (χ1v) is 24.5. The molecule has 1 amide bonds. The highest BCUT2D eigenvalue weighted by atomic mass is 28.4. The third-order valence-electron chi connectivity index (χ3n) is 13.2. The van der Waals surface area contributed by atoms with Gasteiger partial charge in [-0.3, -0.25) is 14.3 Å². The number of hydrogen-bond acceptors (Lipinski definition) is 8. The van der Waals surface area contributed by atoms with Gasteiger partial charge in [0.25, 0.3) is 0 Å². The minimum atomic E-state index is -2.25. The molecule has 0 radical (unpaired) electrons. The van der Waals surface area contributed by atoms with Crippen molar-refractivity contribution >= 4 is 48.2 Å². The number of benzene rings is 4. The summed E-state index contributed by atoms with van der Waals surface area (Å²) in [6, 6.07) is 28.3. The number of aromatic hydroxyl groups is 1. The van der Waals surface area contributed by atoms with Crippen LogP contribution in [-0.4, -0.2) is 71.3 Å². The maximum Gasteiger partial charge on any atom is 0.419 e. The highest BCUT2D eigenvalue weighted by Gasteiger charge is 2.41. The number of aryl methyl sites for hydroxylation is 1. The summed E-state index contributed by atoms with van der Waals surface area (Å²) in [6.07, 6.45) is 5.39. The van der Waals surface area contributed by atoms with Gasteiger partial charge in [0, 0.05) is 43.2 Å². The molecule has 62 heavy (non-hydrogen) atoms. The summed E-state index contributed by atoms with van der Waals surface area (Å²) < 4.78 is 14.3. The fourth-order valence-corrected chi connectivity index (χ4v) is 10.1. The SMILES string of the molecule is CC(C)(C)[Si](C)(C)O[C@@H](CNCc1ccc2c(c1)oc(=O)n2CCC=Cc1ccc(N(C(=O)O)C2CN3CCC2CC3)c(-c2ccccc2)c1)c1ccc(O)c2[nH]c(=O)ccc12. The summed E-state index contributed by atoms with van der Waals surface area (Å²) in [4.78, 5) is 44.9. The van der Waals surface area contributed by atoms with Gasteiger partial charge in [-0.1, -0.05) is 81.5 Å². The van der Waals surface area contributed by atoms with E-state index in [9.17, 15) is 24.6 Å². The minimum Gasteiger partial charge on any atom is -0.506 e. The van der Waals surface area contributed by atoms with E-state index >= 15 is 0 Å². The van der Waals surface area contributed by atoms with Crippen LogP contribution < -0.4 is 21.5 Å². The summed E-state index contributed by atoms with van der Waals surface area (Å²) in [5.74, 6) is -0.0634. The molecule has 12 nitrogen and oxygen atoms in total. The molecule has 0 aliphatic carbocycles. The van der Waals surface area contributed by atoms with Gasteiger partial charge in [0.1, 0.15) is 5.75 Å². The first kappa shape index (κ1) is 42.9. The van der Waals surface area contributed by atoms with Crippen molar-refractivity contribution in [3.8, 4) is 16.9 Å². The van der Waals surface area contributed by atoms with Gasteiger partial charge in [-0.15, -0.1) is 0 Å². The van der Waals surface area contributed by atoms with E-state index in [-0.39, 0.29) is 28.5 Å². The van der Waals surface area contributed by atoms with Gasteiger partial charge in [0.05, 0.1) is 28.9 Å². The van der Waals surface area contributed by atoms with E-state index in [1.54, 1.807) is 21.6 Å². The molecule has 324 valence electrons. The number of nitrogens with one attached hydrogen (secondary N) is 2. The molecule has 3 fully saturated rings. The average Bonchev–Trinajstić information content (AvgIpc) is 3.56. The van der Waals surface area contributed by atoms with Crippen molar-refractivity contribution in [3.63, 3.8) is 0 Å². The lowest BCUT2D eigenvalue weighted by Crippen LogP contribution is -2.58. The second-order valence-electron chi connectivity index (χ2n) is 18.3. The van der Waals surface area contributed by atoms with Crippen molar-refractivity contribution in [2.45, 2.75) is 83.4 Å². The second kappa shape index (κ2) is 17.6. The zero-order valence-electron chi connectivity index (χ0n) is 36.2. The van der Waals surface area contributed by atoms with Gasteiger partial charge in [-0.05, 0) is 115 Å². The number of phenolic OH excluding ortho intramolecular Hbond substituents is 1. The molecule has 6 aromatic rings. The molecule has 4 N–H and O–H groups in total. The number of piperidine rings is 3. The standard InChI is InChI=1S/C49H57N5O7Si/c1-49(2,3)62(4,5)61-44(36-16-20-42(55)46-37(36)17-21-45(56)51-46)30-50-29-33-15-19-40-43(28-33)60-48(59)53(40)24-10-9-11-32-14-18-39(38(27-32)34-12-7-6-8-13-34)54(47(57)58)41-31-52-25-22-35(41)23-26-52/h6-9,11-21,27-28,35,41,44,50,55H,10,22-26,29-31H2,1-5H3,(H,51,56)(H,57,58)/t41?,44-/m0/s1. The van der Waals surface area contributed by atoms with E-state index in [1.165, 1.54) is 6.07 Å². The van der Waals surface area contributed by atoms with E-state index in [1.807, 2.05) is 78.9 Å². The normalized spacial score (nSPS) is 18.5. The van der Waals surface area contributed by atoms with Crippen molar-refractivity contribution in [1.82, 2.24) is 19.8 Å². The molecule has 2 bridgehead atoms. The molecule has 13 heteroatoms. The number of H-pyrrole nitrogens is 1. The molecule has 9 rings (SSSR count). The Bertz CT molecular complexity index is 2730. The molecule has 4 aromatic carbocycles. The predicted octanol–water partition coefficient (Wildman–Crippen LogP) is 9.34. The van der Waals surface area contributed by atoms with Crippen LogP contribution in [-0.2, 0) is 17.5 Å². The summed E-state index contributed by atoms with van der Waals surface area (Å²) in [7, 11) is -2.25. The zero-order chi connectivity index (χ0) is 43.8. The number of oxazole rings is 1. The Morgan fingerprint density at radius 3 is 2.50 bits per heavy atom. The van der Waals surface area contributed by atoms with E-state index in [0.29, 0.717) is 54.3 Å². The fraction of sp³-hybridized carbons (Fsp3) is 0.367. The summed E-state index contributed by atoms with van der Waals surface area (Å²) in [6.45, 7) is 15.2. The van der Waals surface area contributed by atoms with Crippen LogP contribution in [0.2, 0.25) is 18.1 Å². The fourth-order valence-electron chi connectivity index (χ4n) is 8.86. The molecule has 3 aliphatic heterocycles. The molecule has 0 spiro atoms. The van der Waals surface area contributed by atoms with Gasteiger partial charge >= 0.3 is 11.8 Å². The minimum absolute atomic E-state index is 0.00552. The maximum atomic E-state index is 13.1. The van der Waals surface area contributed by atoms with Gasteiger partial charge in [-0.2, -0.15) is 0 Å². The highest BCUT2D eigenvalue weighted by molar-refractivity contribution is 6.74. The predicted molar refractivity (Wildman–Crippen MR) is 248 cm³/mol. The first-order chi connectivity index (χ1) is 29.7. The molecule has 0 saturated carbocycles. The molecule has 1 unspecified atom stereocenters. The van der Waals surface area contributed by atoms with Gasteiger partial charge in [0.2, 0.25) is 5.56 Å². The van der Waals surface area contributed by atoms with Crippen molar-refractivity contribution < 1.29 is 23.9 Å². The van der Waals surface area contributed by atoms with Crippen LogP contribution >= 0.6 is 0 Å². The number of amides is 1. The van der Waals surface area contributed by atoms with Crippen molar-refractivity contribution in [2.24, 2.45) is 5.92 Å². The van der Waals surface area contributed by atoms with Crippen LogP contribution in [0.3, 0.4) is 0 Å². The Morgan fingerprint density at radius 2 is 1.79 bits per heavy atom. The number of aromatic amines is 1. The molecular weight excluding hydrogens is 799 g/mol. The summed E-state index contributed by atoms with van der Waals surface area (Å²) >= 11 is 0. The second-order valence-corrected chi connectivity index (χ2v) is 23.1. The van der Waals surface area contributed by atoms with E-state index < -0.39 is 20.2 Å². The number of phenols is 1. The summed E-state index contributed by atoms with van der Waals surface area (Å²) in [5.41, 5.74) is 6.61. The van der Waals surface area contributed by atoms with E-state index in [0.717, 1.165) is 65.7 Å². The monoisotopic (exact) mass is 855 g/mol. The number of anilines is 1. The molecule has 2 aromatic heterocycles. The largest absolute Gasteiger partial charge is 0.506 e. The molecular formula is C49H57N5O7Si. The Kier molecular flexibility index (Phi) is 12.2. The maximum absolute atomic E-state index is 13.1. The van der Waals surface area contributed by atoms with Crippen LogP contribution in [0.4, 0.5) is 10.5 Å². The van der Waals surface area contributed by atoms with E-state index in [4.69, 9.17) is 8.84 Å². The molecule has 2 atom stereocenters. The van der Waals surface area contributed by atoms with Crippen LogP contribution in [0.5, 0.6) is 5.75 Å². The number of aromatic nitrogens is 2. The Hall–Kier alpha value is -5.73. The number of fused-ring (bicyclic) bond motifs is 5. The van der Waals surface area contributed by atoms with E-state index in [2.05, 4.69) is 55.1 Å². The molecule has 5 heterocycles. The van der Waals surface area contributed by atoms with Crippen LogP contribution in [0, 0.1) is 5.92 Å². The summed E-state index contributed by atoms with van der Waals surface area (Å²) in [5, 5.41) is 25.4. The quantitative estimate of drug-likeness (QED) is 0.0786.